The summed E-state index contributed by atoms with van der Waals surface area (Å²) in [6, 6.07) is 0.285. The molecule has 0 aliphatic rings. The van der Waals surface area contributed by atoms with E-state index < -0.39 is 34.1 Å². The average Bonchev–Trinajstić information content (AvgIpc) is 2.07. The maximum Gasteiger partial charge on any atom is 0.360 e. The number of aromatic nitrogens is 1. The quantitative estimate of drug-likeness (QED) is 0.588. The number of pyridine rings is 1. The number of nitro groups is 1. The molecule has 0 bridgehead atoms. The first kappa shape index (κ1) is 10.2. The maximum atomic E-state index is 12.9. The Morgan fingerprint density at radius 2 is 2.07 bits per heavy atom. The lowest BCUT2D eigenvalue weighted by atomic mass is 10.2. The number of nitrogens with zero attached hydrogens (tertiary/aromatic N) is 1. The number of alkyl halides is 2. The Labute approximate surface area is 74.3 Å². The van der Waals surface area contributed by atoms with Crippen LogP contribution in [0.3, 0.4) is 0 Å². The molecule has 0 radical (unpaired) electrons. The molecule has 0 atom stereocenters. The maximum absolute atomic E-state index is 12.9. The van der Waals surface area contributed by atoms with Crippen LogP contribution in [-0.4, -0.2) is 9.91 Å². The number of hydrogen-bond acceptors (Lipinski definition) is 3. The molecule has 1 rings (SSSR count). The molecular weight excluding hydrogens is 205 g/mol. The molecule has 5 nitrogen and oxygen atoms in total. The number of hydrogen-bond donors (Lipinski definition) is 1. The summed E-state index contributed by atoms with van der Waals surface area (Å²) >= 11 is 0. The molecule has 0 aliphatic carbocycles. The second-order valence-electron chi connectivity index (χ2n) is 2.31. The van der Waals surface area contributed by atoms with E-state index in [1.165, 1.54) is 4.98 Å². The number of rotatable bonds is 2. The highest BCUT2D eigenvalue weighted by atomic mass is 19.3. The van der Waals surface area contributed by atoms with E-state index in [-0.39, 0.29) is 6.07 Å². The second-order valence-corrected chi connectivity index (χ2v) is 2.31. The lowest BCUT2D eigenvalue weighted by Gasteiger charge is -2.01. The van der Waals surface area contributed by atoms with E-state index in [1.807, 2.05) is 0 Å². The molecule has 0 saturated heterocycles. The van der Waals surface area contributed by atoms with Gasteiger partial charge in [0.1, 0.15) is 0 Å². The van der Waals surface area contributed by atoms with Crippen molar-refractivity contribution in [2.75, 3.05) is 0 Å². The standard InChI is InChI=1S/C6H3F3N2O3/c7-4-2(5(8)9)1-3(12)10-6(4)11(13)14/h1,5H,(H,10,12). The van der Waals surface area contributed by atoms with Crippen LogP contribution in [0.1, 0.15) is 12.0 Å². The molecular formula is C6H3F3N2O3. The van der Waals surface area contributed by atoms with Gasteiger partial charge in [-0.25, -0.2) is 18.6 Å². The van der Waals surface area contributed by atoms with Crippen molar-refractivity contribution in [2.24, 2.45) is 0 Å². The molecule has 0 saturated carbocycles. The highest BCUT2D eigenvalue weighted by molar-refractivity contribution is 5.29. The fourth-order valence-electron chi connectivity index (χ4n) is 0.834. The van der Waals surface area contributed by atoms with Gasteiger partial charge in [0.2, 0.25) is 5.82 Å². The van der Waals surface area contributed by atoms with Crippen LogP contribution in [0.4, 0.5) is 19.0 Å². The van der Waals surface area contributed by atoms with Crippen molar-refractivity contribution in [3.63, 3.8) is 0 Å². The zero-order chi connectivity index (χ0) is 10.9. The zero-order valence-corrected chi connectivity index (χ0v) is 6.46. The minimum Gasteiger partial charge on any atom is -0.358 e. The van der Waals surface area contributed by atoms with Gasteiger partial charge in [0.25, 0.3) is 6.43 Å². The lowest BCUT2D eigenvalue weighted by molar-refractivity contribution is -0.392. The van der Waals surface area contributed by atoms with Gasteiger partial charge in [-0.15, -0.1) is 0 Å². The smallest absolute Gasteiger partial charge is 0.358 e. The van der Waals surface area contributed by atoms with E-state index in [2.05, 4.69) is 0 Å². The molecule has 8 heteroatoms. The van der Waals surface area contributed by atoms with E-state index in [9.17, 15) is 28.1 Å². The third-order valence-corrected chi connectivity index (χ3v) is 1.41. The van der Waals surface area contributed by atoms with Crippen LogP contribution in [0, 0.1) is 15.9 Å². The van der Waals surface area contributed by atoms with Gasteiger partial charge in [-0.2, -0.15) is 4.39 Å². The summed E-state index contributed by atoms with van der Waals surface area (Å²) in [6.45, 7) is 0. The summed E-state index contributed by atoms with van der Waals surface area (Å²) in [4.78, 5) is 20.9. The minimum absolute atomic E-state index is 0.285. The van der Waals surface area contributed by atoms with Gasteiger partial charge in [-0.05, 0) is 4.92 Å². The van der Waals surface area contributed by atoms with Crippen LogP contribution in [0.5, 0.6) is 0 Å². The van der Waals surface area contributed by atoms with Crippen LogP contribution in [0.15, 0.2) is 10.9 Å². The Morgan fingerprint density at radius 1 is 1.50 bits per heavy atom. The molecule has 0 amide bonds. The molecule has 0 spiro atoms. The first-order valence-corrected chi connectivity index (χ1v) is 3.28. The van der Waals surface area contributed by atoms with Crippen molar-refractivity contribution in [1.29, 1.82) is 0 Å². The largest absolute Gasteiger partial charge is 0.360 e. The molecule has 76 valence electrons. The molecule has 1 N–H and O–H groups in total. The summed E-state index contributed by atoms with van der Waals surface area (Å²) in [6.07, 6.45) is -3.27. The lowest BCUT2D eigenvalue weighted by Crippen LogP contribution is -2.12. The van der Waals surface area contributed by atoms with Crippen LogP contribution >= 0.6 is 0 Å². The fourth-order valence-corrected chi connectivity index (χ4v) is 0.834. The highest BCUT2D eigenvalue weighted by Crippen LogP contribution is 2.24. The first-order valence-electron chi connectivity index (χ1n) is 3.28. The molecule has 0 unspecified atom stereocenters. The normalized spacial score (nSPS) is 10.6. The average molecular weight is 208 g/mol. The third-order valence-electron chi connectivity index (χ3n) is 1.41. The van der Waals surface area contributed by atoms with Gasteiger partial charge in [-0.1, -0.05) is 0 Å². The van der Waals surface area contributed by atoms with Crippen molar-refractivity contribution >= 4 is 5.82 Å². The van der Waals surface area contributed by atoms with Crippen molar-refractivity contribution in [1.82, 2.24) is 4.98 Å². The summed E-state index contributed by atoms with van der Waals surface area (Å²) < 4.78 is 36.9. The summed E-state index contributed by atoms with van der Waals surface area (Å²) in [5.74, 6) is -3.07. The summed E-state index contributed by atoms with van der Waals surface area (Å²) in [5, 5.41) is 10.1. The summed E-state index contributed by atoms with van der Waals surface area (Å²) in [7, 11) is 0. The van der Waals surface area contributed by atoms with Crippen molar-refractivity contribution in [2.45, 2.75) is 6.43 Å². The van der Waals surface area contributed by atoms with E-state index >= 15 is 0 Å². The number of aromatic amines is 1. The van der Waals surface area contributed by atoms with Crippen LogP contribution in [0.2, 0.25) is 0 Å². The molecule has 0 fully saturated rings. The second kappa shape index (κ2) is 3.48. The Kier molecular flexibility index (Phi) is 2.54. The van der Waals surface area contributed by atoms with E-state index in [0.717, 1.165) is 0 Å². The fraction of sp³-hybridized carbons (Fsp3) is 0.167. The molecule has 0 aliphatic heterocycles. The molecule has 1 aromatic heterocycles. The first-order chi connectivity index (χ1) is 6.43. The SMILES string of the molecule is O=c1cc(C(F)F)c(F)c([N+](=O)[O-])[nH]1. The molecule has 0 aromatic carbocycles. The van der Waals surface area contributed by atoms with Crippen molar-refractivity contribution in [3.05, 3.63) is 37.9 Å². The molecule has 1 aromatic rings. The molecule has 1 heterocycles. The Hall–Kier alpha value is -1.86. The van der Waals surface area contributed by atoms with Crippen molar-refractivity contribution in [3.8, 4) is 0 Å². The van der Waals surface area contributed by atoms with Gasteiger partial charge in [0, 0.05) is 6.07 Å². The van der Waals surface area contributed by atoms with Gasteiger partial charge >= 0.3 is 11.4 Å². The van der Waals surface area contributed by atoms with Gasteiger partial charge < -0.3 is 10.1 Å². The van der Waals surface area contributed by atoms with E-state index in [0.29, 0.717) is 0 Å². The van der Waals surface area contributed by atoms with E-state index in [1.54, 1.807) is 0 Å². The highest BCUT2D eigenvalue weighted by Gasteiger charge is 2.24. The van der Waals surface area contributed by atoms with E-state index in [4.69, 9.17) is 0 Å². The monoisotopic (exact) mass is 208 g/mol. The third kappa shape index (κ3) is 1.73. The van der Waals surface area contributed by atoms with Gasteiger partial charge in [0.15, 0.2) is 0 Å². The Bertz CT molecular complexity index is 429. The zero-order valence-electron chi connectivity index (χ0n) is 6.46. The predicted octanol–water partition coefficient (Wildman–Crippen LogP) is 1.36. The van der Waals surface area contributed by atoms with Gasteiger partial charge in [0.05, 0.1) is 5.56 Å². The molecule has 14 heavy (non-hydrogen) atoms. The topological polar surface area (TPSA) is 76.0 Å². The number of H-pyrrole nitrogens is 1. The Balaban J connectivity index is 3.48. The minimum atomic E-state index is -3.27. The van der Waals surface area contributed by atoms with Gasteiger partial charge in [-0.3, -0.25) is 0 Å². The summed E-state index contributed by atoms with van der Waals surface area (Å²) in [5.41, 5.74) is -2.42. The number of nitrogens with one attached hydrogen (secondary N) is 1. The van der Waals surface area contributed by atoms with Crippen LogP contribution < -0.4 is 5.56 Å². The predicted molar refractivity (Wildman–Crippen MR) is 38.6 cm³/mol. The van der Waals surface area contributed by atoms with Crippen LogP contribution in [-0.2, 0) is 0 Å². The Morgan fingerprint density at radius 3 is 2.50 bits per heavy atom. The number of halogens is 3. The van der Waals surface area contributed by atoms with Crippen LogP contribution in [0.25, 0.3) is 0 Å². The van der Waals surface area contributed by atoms with Crippen molar-refractivity contribution < 1.29 is 18.1 Å².